The van der Waals surface area contributed by atoms with Crippen molar-refractivity contribution in [1.82, 2.24) is 105 Å². The number of carbonyl (C=O) groups is 3. The molecule has 1 fully saturated rings. The van der Waals surface area contributed by atoms with Gasteiger partial charge in [0.1, 0.15) is 71.0 Å². The molecule has 1 aliphatic rings. The van der Waals surface area contributed by atoms with E-state index in [0.29, 0.717) is 124 Å². The molecule has 2 N–H and O–H groups in total. The van der Waals surface area contributed by atoms with Crippen LogP contribution in [0.25, 0.3) is 134 Å². The molecule has 8 aromatic carbocycles. The average molecular weight is 1600 g/mol. The number of piperazine rings is 1. The zero-order valence-electron chi connectivity index (χ0n) is 62.5. The Labute approximate surface area is 674 Å². The van der Waals surface area contributed by atoms with E-state index in [0.717, 1.165) is 69.7 Å². The van der Waals surface area contributed by atoms with Crippen LogP contribution in [0.2, 0.25) is 20.1 Å². The quantitative estimate of drug-likeness (QED) is 0.0858. The normalized spacial score (nSPS) is 12.1. The molecule has 114 heavy (non-hydrogen) atoms. The lowest BCUT2D eigenvalue weighted by Crippen LogP contribution is -2.48. The summed E-state index contributed by atoms with van der Waals surface area (Å²) in [5.74, 6) is -0.609. The third kappa shape index (κ3) is 17.4. The van der Waals surface area contributed by atoms with E-state index in [1.807, 2.05) is 236 Å². The van der Waals surface area contributed by atoms with Crippen LogP contribution >= 0.6 is 46.4 Å². The van der Waals surface area contributed by atoms with Crippen LogP contribution in [0.4, 0.5) is 4.39 Å². The second-order valence-corrected chi connectivity index (χ2v) is 28.3. The van der Waals surface area contributed by atoms with Crippen molar-refractivity contribution >= 4 is 108 Å². The monoisotopic (exact) mass is 1600 g/mol. The summed E-state index contributed by atoms with van der Waals surface area (Å²) in [5, 5.41) is 63.5. The van der Waals surface area contributed by atoms with Gasteiger partial charge in [-0.15, -0.1) is 40.8 Å². The standard InChI is InChI=1S/C24H23ClN6O.C23H23ClN6O.C20H16ClN5O.C18H12ClFN4/c1-29-12-14-30(15-13-29)19(32)16-31-24-20(22(28-31)17-8-4-2-5-9-17)21(25)23(26-27-24)18-10-6-3-7-11-18;1-29(2)14-13-25-18(31)15-30-23-19(21(28-30)16-9-5-3-6-10-16)20(24)22(26-27-23)17-11-7-4-8-12-17;1-22-15(27)12-26-20-16(18(25-26)13-8-4-2-5-9-13)17(21)19(23-24-20)14-10-6-3-7-11-14;1-24-18-14(16(23-24)11-5-3-2-4-6-11)15(19)17(21-22-18)12-7-9-13(20)10-8-12/h2-11H,12-16H2,1H3;3-12H,13-15H2,1-2H3,(H,25,31);2-11H,12H2,1H3,(H,22,27);2-10H,1H3. The van der Waals surface area contributed by atoms with Gasteiger partial charge in [-0.2, -0.15) is 20.4 Å². The fraction of sp³-hybridized carbons (Fsp3) is 0.165. The van der Waals surface area contributed by atoms with Gasteiger partial charge >= 0.3 is 0 Å². The molecule has 572 valence electrons. The van der Waals surface area contributed by atoms with Crippen molar-refractivity contribution in [2.75, 3.05) is 67.5 Å². The molecule has 24 nitrogen and oxygen atoms in total. The van der Waals surface area contributed by atoms with Gasteiger partial charge in [-0.1, -0.05) is 259 Å². The number of carbonyl (C=O) groups excluding carboxylic acids is 3. The number of fused-ring (bicyclic) bond motifs is 4. The van der Waals surface area contributed by atoms with Crippen molar-refractivity contribution in [3.8, 4) is 90.1 Å². The number of hydrogen-bond acceptors (Lipinski definition) is 17. The van der Waals surface area contributed by atoms with Crippen LogP contribution in [-0.4, -0.2) is 180 Å². The summed E-state index contributed by atoms with van der Waals surface area (Å²) in [6, 6.07) is 74.1. The zero-order valence-corrected chi connectivity index (χ0v) is 65.5. The van der Waals surface area contributed by atoms with Gasteiger partial charge in [-0.3, -0.25) is 14.4 Å². The molecule has 1 aliphatic heterocycles. The Morgan fingerprint density at radius 2 is 0.658 bits per heavy atom. The number of rotatable bonds is 17. The van der Waals surface area contributed by atoms with Crippen LogP contribution < -0.4 is 10.6 Å². The van der Waals surface area contributed by atoms with E-state index in [9.17, 15) is 18.8 Å². The van der Waals surface area contributed by atoms with Gasteiger partial charge in [0.05, 0.1) is 41.6 Å². The van der Waals surface area contributed by atoms with Crippen molar-refractivity contribution in [2.45, 2.75) is 19.6 Å². The topological polar surface area (TPSA) is 259 Å². The van der Waals surface area contributed by atoms with Crippen LogP contribution in [0.1, 0.15) is 0 Å². The lowest BCUT2D eigenvalue weighted by Gasteiger charge is -2.32. The molecule has 3 amide bonds. The Balaban J connectivity index is 0.000000126. The number of aryl methyl sites for hydroxylation is 1. The van der Waals surface area contributed by atoms with Gasteiger partial charge in [0.2, 0.25) is 17.7 Å². The molecule has 0 spiro atoms. The molecule has 8 aromatic heterocycles. The second kappa shape index (κ2) is 35.8. The molecule has 0 radical (unpaired) electrons. The van der Waals surface area contributed by atoms with Gasteiger partial charge in [0, 0.05) is 97.9 Å². The van der Waals surface area contributed by atoms with Crippen LogP contribution in [0.15, 0.2) is 237 Å². The van der Waals surface area contributed by atoms with E-state index < -0.39 is 0 Å². The van der Waals surface area contributed by atoms with Gasteiger partial charge in [-0.05, 0) is 45.4 Å². The Kier molecular flexibility index (Phi) is 24.5. The number of likely N-dealkylation sites (N-methyl/N-ethyl adjacent to an activating group) is 3. The molecule has 0 aliphatic carbocycles. The number of amides is 3. The number of benzene rings is 8. The van der Waals surface area contributed by atoms with Crippen molar-refractivity contribution in [1.29, 1.82) is 0 Å². The summed E-state index contributed by atoms with van der Waals surface area (Å²) in [4.78, 5) is 43.5. The van der Waals surface area contributed by atoms with E-state index in [4.69, 9.17) is 56.6 Å². The van der Waals surface area contributed by atoms with Crippen LogP contribution in [-0.2, 0) is 41.1 Å². The third-order valence-electron chi connectivity index (χ3n) is 18.8. The first-order valence-corrected chi connectivity index (χ1v) is 37.9. The highest BCUT2D eigenvalue weighted by molar-refractivity contribution is 6.40. The number of nitrogens with zero attached hydrogens (tertiary/aromatic N) is 19. The predicted octanol–water partition coefficient (Wildman–Crippen LogP) is 15.1. The van der Waals surface area contributed by atoms with Crippen LogP contribution in [0.3, 0.4) is 0 Å². The van der Waals surface area contributed by atoms with Gasteiger partial charge < -0.3 is 25.3 Å². The first-order valence-electron chi connectivity index (χ1n) is 36.4. The zero-order chi connectivity index (χ0) is 79.4. The summed E-state index contributed by atoms with van der Waals surface area (Å²) >= 11 is 27.1. The fourth-order valence-corrected chi connectivity index (χ4v) is 14.2. The minimum absolute atomic E-state index is 0.0205. The molecule has 0 unspecified atom stereocenters. The molecule has 29 heteroatoms. The number of nitrogens with one attached hydrogen (secondary N) is 2. The highest BCUT2D eigenvalue weighted by atomic mass is 35.5. The van der Waals surface area contributed by atoms with Crippen LogP contribution in [0, 0.1) is 5.82 Å². The SMILES string of the molecule is CN(C)CCNC(=O)Cn1nc(-c2ccccc2)c2c(Cl)c(-c3ccccc3)nnc21.CN1CCN(C(=O)Cn2nc(-c3ccccc3)c3c(Cl)c(-c4ccccc4)nnc32)CC1.CNC(=O)Cn1nc(-c2ccccc2)c2c(Cl)c(-c3ccccc3)nnc21.Cn1nc(-c2ccccc2)c2c(Cl)c(-c3ccc(F)cc3)nnc21. The van der Waals surface area contributed by atoms with Crippen molar-refractivity contribution < 1.29 is 18.8 Å². The predicted molar refractivity (Wildman–Crippen MR) is 445 cm³/mol. The Morgan fingerprint density at radius 3 is 0.991 bits per heavy atom. The fourth-order valence-electron chi connectivity index (χ4n) is 12.9. The number of aromatic nitrogens is 16. The van der Waals surface area contributed by atoms with Gasteiger partial charge in [0.15, 0.2) is 22.6 Å². The summed E-state index contributed by atoms with van der Waals surface area (Å²) in [6.07, 6.45) is 0. The summed E-state index contributed by atoms with van der Waals surface area (Å²) < 4.78 is 19.5. The summed E-state index contributed by atoms with van der Waals surface area (Å²) in [6.45, 7) is 4.65. The first kappa shape index (κ1) is 78.1. The van der Waals surface area contributed by atoms with Crippen molar-refractivity contribution in [3.63, 3.8) is 0 Å². The maximum Gasteiger partial charge on any atom is 0.244 e. The van der Waals surface area contributed by atoms with E-state index in [1.165, 1.54) is 16.8 Å². The van der Waals surface area contributed by atoms with E-state index >= 15 is 0 Å². The molecule has 0 atom stereocenters. The maximum absolute atomic E-state index is 13.2. The molecule has 0 saturated carbocycles. The minimum Gasteiger partial charge on any atom is -0.358 e. The Hall–Kier alpha value is -12.6. The first-order chi connectivity index (χ1) is 55.5. The summed E-state index contributed by atoms with van der Waals surface area (Å²) in [5.41, 5.74) is 14.1. The molecule has 9 heterocycles. The van der Waals surface area contributed by atoms with Crippen LogP contribution in [0.5, 0.6) is 0 Å². The van der Waals surface area contributed by atoms with Gasteiger partial charge in [-0.25, -0.2) is 23.1 Å². The molecular weight excluding hydrogens is 1520 g/mol. The Bertz CT molecular complexity index is 6060. The number of hydrogen-bond donors (Lipinski definition) is 2. The van der Waals surface area contributed by atoms with Crippen molar-refractivity contribution in [3.05, 3.63) is 262 Å². The lowest BCUT2D eigenvalue weighted by molar-refractivity contribution is -0.133. The minimum atomic E-state index is -0.310. The van der Waals surface area contributed by atoms with E-state index in [-0.39, 0.29) is 43.2 Å². The smallest absolute Gasteiger partial charge is 0.244 e. The Morgan fingerprint density at radius 1 is 0.368 bits per heavy atom. The largest absolute Gasteiger partial charge is 0.358 e. The molecular formula is C85H74Cl4FN21O3. The second-order valence-electron chi connectivity index (χ2n) is 26.8. The maximum atomic E-state index is 13.2. The van der Waals surface area contributed by atoms with Gasteiger partial charge in [0.25, 0.3) is 0 Å². The average Bonchev–Trinajstić information content (AvgIpc) is 1.62. The van der Waals surface area contributed by atoms with E-state index in [1.54, 1.807) is 40.3 Å². The molecule has 0 bridgehead atoms. The lowest BCUT2D eigenvalue weighted by atomic mass is 10.1. The third-order valence-corrected chi connectivity index (χ3v) is 20.3. The molecule has 17 rings (SSSR count). The van der Waals surface area contributed by atoms with Crippen molar-refractivity contribution in [2.24, 2.45) is 7.05 Å². The molecule has 1 saturated heterocycles. The highest BCUT2D eigenvalue weighted by Crippen LogP contribution is 2.42. The molecule has 16 aromatic rings. The van der Waals surface area contributed by atoms with E-state index in [2.05, 4.69) is 73.6 Å². The summed E-state index contributed by atoms with van der Waals surface area (Å²) in [7, 11) is 9.37. The highest BCUT2D eigenvalue weighted by Gasteiger charge is 2.28. The number of halogens is 5.